The highest BCUT2D eigenvalue weighted by atomic mass is 32.2. The smallest absolute Gasteiger partial charge is 0.341 e. The number of thioether (sulfide) groups is 1. The number of aryl methyl sites for hydroxylation is 1. The van der Waals surface area contributed by atoms with Crippen LogP contribution < -0.4 is 10.2 Å². The molecule has 2 aliphatic heterocycles. The van der Waals surface area contributed by atoms with Crippen LogP contribution in [0.15, 0.2) is 35.5 Å². The lowest BCUT2D eigenvalue weighted by Gasteiger charge is -2.32. The van der Waals surface area contributed by atoms with Gasteiger partial charge in [-0.15, -0.1) is 0 Å². The summed E-state index contributed by atoms with van der Waals surface area (Å²) in [6.45, 7) is 1.61. The Kier molecular flexibility index (Phi) is 6.96. The van der Waals surface area contributed by atoms with Gasteiger partial charge in [0, 0.05) is 31.2 Å². The van der Waals surface area contributed by atoms with Crippen LogP contribution in [0.1, 0.15) is 42.6 Å². The second kappa shape index (κ2) is 9.90. The van der Waals surface area contributed by atoms with E-state index in [1.54, 1.807) is 18.3 Å². The first kappa shape index (κ1) is 23.2. The number of carbonyl (C=O) groups is 2. The number of carbonyl (C=O) groups excluding carboxylic acids is 2. The molecule has 0 aromatic carbocycles. The number of imide groups is 1. The lowest BCUT2D eigenvalue weighted by molar-refractivity contribution is -0.137. The Hall–Kier alpha value is -2.95. The van der Waals surface area contributed by atoms with Gasteiger partial charge in [-0.2, -0.15) is 13.2 Å². The van der Waals surface area contributed by atoms with Crippen LogP contribution >= 0.6 is 11.8 Å². The number of alkyl halides is 3. The molecule has 2 amide bonds. The summed E-state index contributed by atoms with van der Waals surface area (Å²) in [5.74, 6) is 0.703. The van der Waals surface area contributed by atoms with Crippen LogP contribution in [-0.4, -0.2) is 39.2 Å². The third-order valence-corrected chi connectivity index (χ3v) is 6.49. The molecule has 7 nitrogen and oxygen atoms in total. The second-order valence-electron chi connectivity index (χ2n) is 7.99. The van der Waals surface area contributed by atoms with Crippen molar-refractivity contribution in [3.05, 3.63) is 52.4 Å². The minimum absolute atomic E-state index is 0.311. The van der Waals surface area contributed by atoms with Crippen molar-refractivity contribution >= 4 is 34.9 Å². The molecule has 4 heterocycles. The molecule has 0 aliphatic carbocycles. The number of hydrogen-bond acceptors (Lipinski definition) is 7. The van der Waals surface area contributed by atoms with E-state index in [2.05, 4.69) is 25.2 Å². The van der Waals surface area contributed by atoms with Gasteiger partial charge in [-0.25, -0.2) is 9.97 Å². The Morgan fingerprint density at radius 1 is 1.15 bits per heavy atom. The normalized spacial score (nSPS) is 18.8. The van der Waals surface area contributed by atoms with Gasteiger partial charge in [-0.05, 0) is 74.1 Å². The number of pyridine rings is 1. The first-order chi connectivity index (χ1) is 15.8. The monoisotopic (exact) mass is 477 g/mol. The van der Waals surface area contributed by atoms with E-state index in [4.69, 9.17) is 0 Å². The van der Waals surface area contributed by atoms with Gasteiger partial charge in [0.1, 0.15) is 0 Å². The molecule has 174 valence electrons. The summed E-state index contributed by atoms with van der Waals surface area (Å²) in [4.78, 5) is 38.2. The molecule has 0 unspecified atom stereocenters. The van der Waals surface area contributed by atoms with Crippen molar-refractivity contribution in [1.29, 1.82) is 0 Å². The van der Waals surface area contributed by atoms with Crippen molar-refractivity contribution in [3.63, 3.8) is 0 Å². The first-order valence-electron chi connectivity index (χ1n) is 10.6. The first-order valence-corrected chi connectivity index (χ1v) is 11.4. The summed E-state index contributed by atoms with van der Waals surface area (Å²) in [6, 6.07) is 4.23. The summed E-state index contributed by atoms with van der Waals surface area (Å²) in [5, 5.41) is 1.83. The summed E-state index contributed by atoms with van der Waals surface area (Å²) < 4.78 is 37.9. The summed E-state index contributed by atoms with van der Waals surface area (Å²) in [5.41, 5.74) is 0.522. The predicted molar refractivity (Wildman–Crippen MR) is 118 cm³/mol. The lowest BCUT2D eigenvalue weighted by Crippen LogP contribution is -2.35. The maximum atomic E-state index is 12.6. The van der Waals surface area contributed by atoms with Crippen LogP contribution in [0.5, 0.6) is 0 Å². The average molecular weight is 478 g/mol. The van der Waals surface area contributed by atoms with E-state index in [0.717, 1.165) is 62.8 Å². The number of amides is 2. The number of anilines is 1. The van der Waals surface area contributed by atoms with E-state index < -0.39 is 22.9 Å². The van der Waals surface area contributed by atoms with E-state index >= 15 is 0 Å². The van der Waals surface area contributed by atoms with Crippen molar-refractivity contribution in [2.75, 3.05) is 18.0 Å². The van der Waals surface area contributed by atoms with E-state index in [1.165, 1.54) is 6.07 Å². The van der Waals surface area contributed by atoms with Crippen molar-refractivity contribution in [3.8, 4) is 0 Å². The van der Waals surface area contributed by atoms with Crippen LogP contribution in [-0.2, 0) is 17.4 Å². The molecule has 1 N–H and O–H groups in total. The highest BCUT2D eigenvalue weighted by molar-refractivity contribution is 8.18. The minimum atomic E-state index is -4.36. The molecule has 2 aliphatic rings. The molecule has 4 rings (SSSR count). The largest absolute Gasteiger partial charge is 0.417 e. The molecule has 0 saturated carbocycles. The molecule has 2 fully saturated rings. The highest BCUT2D eigenvalue weighted by Crippen LogP contribution is 2.29. The third-order valence-electron chi connectivity index (χ3n) is 5.68. The molecule has 2 aromatic heterocycles. The number of hydrogen-bond donors (Lipinski definition) is 1. The van der Waals surface area contributed by atoms with Gasteiger partial charge in [-0.3, -0.25) is 19.9 Å². The van der Waals surface area contributed by atoms with Gasteiger partial charge >= 0.3 is 6.18 Å². The fraction of sp³-hybridized carbons (Fsp3) is 0.409. The molecule has 2 aromatic rings. The quantitative estimate of drug-likeness (QED) is 0.615. The summed E-state index contributed by atoms with van der Waals surface area (Å²) in [7, 11) is 0. The summed E-state index contributed by atoms with van der Waals surface area (Å²) >= 11 is 0.851. The second-order valence-corrected chi connectivity index (χ2v) is 9.01. The third kappa shape index (κ3) is 6.10. The molecule has 0 bridgehead atoms. The zero-order chi connectivity index (χ0) is 23.4. The van der Waals surface area contributed by atoms with E-state index in [1.807, 2.05) is 0 Å². The van der Waals surface area contributed by atoms with Gasteiger partial charge in [0.25, 0.3) is 11.1 Å². The Morgan fingerprint density at radius 2 is 1.94 bits per heavy atom. The van der Waals surface area contributed by atoms with Gasteiger partial charge in [-0.1, -0.05) is 0 Å². The SMILES string of the molecule is O=C1NC(=O)/C(=C/c2ccnc(N3CCC(CCCc4ccc(C(F)(F)F)cn4)CC3)n2)S1. The van der Waals surface area contributed by atoms with Crippen LogP contribution in [0.4, 0.5) is 23.9 Å². The zero-order valence-electron chi connectivity index (χ0n) is 17.6. The van der Waals surface area contributed by atoms with Crippen LogP contribution in [0.2, 0.25) is 0 Å². The molecule has 0 atom stereocenters. The van der Waals surface area contributed by atoms with Gasteiger partial charge < -0.3 is 4.90 Å². The fourth-order valence-electron chi connectivity index (χ4n) is 3.88. The lowest BCUT2D eigenvalue weighted by atomic mass is 9.91. The maximum absolute atomic E-state index is 12.6. The Balaban J connectivity index is 1.25. The van der Waals surface area contributed by atoms with Crippen molar-refractivity contribution < 1.29 is 22.8 Å². The fourth-order valence-corrected chi connectivity index (χ4v) is 4.55. The van der Waals surface area contributed by atoms with Crippen LogP contribution in [0.25, 0.3) is 6.08 Å². The molecule has 0 radical (unpaired) electrons. The van der Waals surface area contributed by atoms with Gasteiger partial charge in [0.15, 0.2) is 0 Å². The van der Waals surface area contributed by atoms with E-state index in [9.17, 15) is 22.8 Å². The Labute approximate surface area is 192 Å². The zero-order valence-corrected chi connectivity index (χ0v) is 18.5. The number of rotatable bonds is 6. The van der Waals surface area contributed by atoms with E-state index in [-0.39, 0.29) is 0 Å². The number of halogens is 3. The Bertz CT molecular complexity index is 1050. The number of nitrogens with zero attached hydrogens (tertiary/aromatic N) is 4. The Morgan fingerprint density at radius 3 is 2.58 bits per heavy atom. The highest BCUT2D eigenvalue weighted by Gasteiger charge is 2.30. The number of piperidine rings is 1. The molecule has 0 spiro atoms. The van der Waals surface area contributed by atoms with Gasteiger partial charge in [0.05, 0.1) is 16.2 Å². The predicted octanol–water partition coefficient (Wildman–Crippen LogP) is 4.45. The summed E-state index contributed by atoms with van der Waals surface area (Å²) in [6.07, 6.45) is 4.23. The van der Waals surface area contributed by atoms with Crippen LogP contribution in [0.3, 0.4) is 0 Å². The standard InChI is InChI=1S/C22H22F3N5O2S/c23-22(24,25)15-4-5-16(27-13-15)3-1-2-14-7-10-30(11-8-14)20-26-9-6-17(28-20)12-18-19(31)29-21(32)33-18/h4-6,9,12-14H,1-3,7-8,10-11H2,(H,29,31,32)/b18-12-. The van der Waals surface area contributed by atoms with Crippen LogP contribution in [0, 0.1) is 5.92 Å². The number of aromatic nitrogens is 3. The molecule has 11 heteroatoms. The van der Waals surface area contributed by atoms with Crippen molar-refractivity contribution in [1.82, 2.24) is 20.3 Å². The van der Waals surface area contributed by atoms with Crippen molar-refractivity contribution in [2.24, 2.45) is 5.92 Å². The molecule has 2 saturated heterocycles. The topological polar surface area (TPSA) is 88.1 Å². The molecular formula is C22H22F3N5O2S. The minimum Gasteiger partial charge on any atom is -0.341 e. The average Bonchev–Trinajstić information content (AvgIpc) is 3.10. The van der Waals surface area contributed by atoms with E-state index in [0.29, 0.717) is 34.6 Å². The molecular weight excluding hydrogens is 455 g/mol. The maximum Gasteiger partial charge on any atom is 0.417 e. The molecule has 33 heavy (non-hydrogen) atoms. The number of nitrogens with one attached hydrogen (secondary N) is 1. The van der Waals surface area contributed by atoms with Crippen molar-refractivity contribution in [2.45, 2.75) is 38.3 Å². The van der Waals surface area contributed by atoms with Gasteiger partial charge in [0.2, 0.25) is 5.95 Å².